The van der Waals surface area contributed by atoms with Crippen LogP contribution in [-0.2, 0) is 11.2 Å². The lowest BCUT2D eigenvalue weighted by molar-refractivity contribution is -0.130. The van der Waals surface area contributed by atoms with Crippen LogP contribution in [-0.4, -0.2) is 64.7 Å². The molecule has 1 aromatic carbocycles. The number of likely N-dealkylation sites (tertiary alicyclic amines) is 1. The van der Waals surface area contributed by atoms with Gasteiger partial charge in [-0.1, -0.05) is 0 Å². The number of carbonyl (C=O) groups excluding carboxylic acids is 2. The zero-order valence-electron chi connectivity index (χ0n) is 16.6. The number of anilines is 1. The van der Waals surface area contributed by atoms with Gasteiger partial charge < -0.3 is 25.4 Å². The van der Waals surface area contributed by atoms with Gasteiger partial charge in [-0.05, 0) is 18.2 Å². The summed E-state index contributed by atoms with van der Waals surface area (Å²) in [4.78, 5) is 29.6. The summed E-state index contributed by atoms with van der Waals surface area (Å²) in [6.07, 6.45) is 2.02. The van der Waals surface area contributed by atoms with E-state index in [9.17, 15) is 9.59 Å². The molecule has 0 unspecified atom stereocenters. The standard InChI is InChI=1S/C19H26N6O4/c1-12(26)25-9-6-14(7-10-25)29-15-4-3-13(11-16(15)28-2)18(27)21-8-5-17-22-19(20)24-23-17/h3-4,11,14H,5-10H2,1-2H3,(H,21,27)(H3,20,22,23,24). The molecule has 156 valence electrons. The number of nitrogen functional groups attached to an aromatic ring is 1. The van der Waals surface area contributed by atoms with Crippen LogP contribution in [0.25, 0.3) is 0 Å². The SMILES string of the molecule is COc1cc(C(=O)NCCc2nc(N)n[nH]2)ccc1OC1CCN(C(C)=O)CC1. The number of aromatic amines is 1. The topological polar surface area (TPSA) is 135 Å². The molecule has 0 aliphatic carbocycles. The first-order valence-electron chi connectivity index (χ1n) is 9.51. The maximum Gasteiger partial charge on any atom is 0.251 e. The lowest BCUT2D eigenvalue weighted by atomic mass is 10.1. The van der Waals surface area contributed by atoms with Crippen molar-refractivity contribution in [3.63, 3.8) is 0 Å². The van der Waals surface area contributed by atoms with E-state index in [1.54, 1.807) is 25.1 Å². The second-order valence-corrected chi connectivity index (χ2v) is 6.84. The minimum Gasteiger partial charge on any atom is -0.493 e. The van der Waals surface area contributed by atoms with Crippen LogP contribution < -0.4 is 20.5 Å². The monoisotopic (exact) mass is 402 g/mol. The van der Waals surface area contributed by atoms with Crippen molar-refractivity contribution in [3.05, 3.63) is 29.6 Å². The number of ether oxygens (including phenoxy) is 2. The average Bonchev–Trinajstić information content (AvgIpc) is 3.13. The van der Waals surface area contributed by atoms with Crippen LogP contribution >= 0.6 is 0 Å². The Balaban J connectivity index is 1.55. The van der Waals surface area contributed by atoms with E-state index in [-0.39, 0.29) is 23.9 Å². The van der Waals surface area contributed by atoms with Gasteiger partial charge in [0, 0.05) is 51.4 Å². The van der Waals surface area contributed by atoms with Gasteiger partial charge in [-0.25, -0.2) is 0 Å². The Morgan fingerprint density at radius 2 is 2.07 bits per heavy atom. The highest BCUT2D eigenvalue weighted by Crippen LogP contribution is 2.30. The van der Waals surface area contributed by atoms with Crippen molar-refractivity contribution in [1.29, 1.82) is 0 Å². The molecule has 3 rings (SSSR count). The highest BCUT2D eigenvalue weighted by molar-refractivity contribution is 5.94. The molecule has 1 saturated heterocycles. The van der Waals surface area contributed by atoms with Gasteiger partial charge in [0.15, 0.2) is 11.5 Å². The molecule has 4 N–H and O–H groups in total. The van der Waals surface area contributed by atoms with Crippen molar-refractivity contribution in [1.82, 2.24) is 25.4 Å². The molecule has 1 aliphatic heterocycles. The van der Waals surface area contributed by atoms with E-state index in [2.05, 4.69) is 20.5 Å². The lowest BCUT2D eigenvalue weighted by Crippen LogP contribution is -2.40. The molecule has 1 aliphatic rings. The Hall–Kier alpha value is -3.30. The Labute approximate surface area is 168 Å². The number of piperidine rings is 1. The third-order valence-corrected chi connectivity index (χ3v) is 4.80. The minimum absolute atomic E-state index is 0.00789. The number of methoxy groups -OCH3 is 1. The molecule has 0 bridgehead atoms. The molecule has 1 aromatic heterocycles. The van der Waals surface area contributed by atoms with Gasteiger partial charge in [0.25, 0.3) is 5.91 Å². The van der Waals surface area contributed by atoms with Crippen molar-refractivity contribution in [2.45, 2.75) is 32.3 Å². The highest BCUT2D eigenvalue weighted by Gasteiger charge is 2.23. The highest BCUT2D eigenvalue weighted by atomic mass is 16.5. The first-order valence-corrected chi connectivity index (χ1v) is 9.51. The van der Waals surface area contributed by atoms with Crippen LogP contribution in [0.1, 0.15) is 35.9 Å². The summed E-state index contributed by atoms with van der Waals surface area (Å²) in [7, 11) is 1.54. The van der Waals surface area contributed by atoms with Crippen LogP contribution in [0.5, 0.6) is 11.5 Å². The lowest BCUT2D eigenvalue weighted by Gasteiger charge is -2.31. The number of benzene rings is 1. The molecular weight excluding hydrogens is 376 g/mol. The Kier molecular flexibility index (Phi) is 6.53. The summed E-state index contributed by atoms with van der Waals surface area (Å²) in [6.45, 7) is 3.33. The predicted molar refractivity (Wildman–Crippen MR) is 106 cm³/mol. The number of carbonyl (C=O) groups is 2. The zero-order valence-corrected chi connectivity index (χ0v) is 16.6. The summed E-state index contributed by atoms with van der Waals surface area (Å²) in [5.41, 5.74) is 5.92. The Bertz CT molecular complexity index is 860. The van der Waals surface area contributed by atoms with Crippen LogP contribution in [0.3, 0.4) is 0 Å². The Morgan fingerprint density at radius 3 is 2.69 bits per heavy atom. The molecule has 2 amide bonds. The van der Waals surface area contributed by atoms with Gasteiger partial charge in [0.2, 0.25) is 11.9 Å². The fourth-order valence-electron chi connectivity index (χ4n) is 3.19. The van der Waals surface area contributed by atoms with Crippen molar-refractivity contribution >= 4 is 17.8 Å². The normalized spacial score (nSPS) is 14.5. The molecule has 10 heteroatoms. The largest absolute Gasteiger partial charge is 0.493 e. The third kappa shape index (κ3) is 5.37. The summed E-state index contributed by atoms with van der Waals surface area (Å²) in [6, 6.07) is 5.09. The smallest absolute Gasteiger partial charge is 0.251 e. The number of nitrogens with two attached hydrogens (primary N) is 1. The second-order valence-electron chi connectivity index (χ2n) is 6.84. The molecule has 0 radical (unpaired) electrons. The van der Waals surface area contributed by atoms with Crippen molar-refractivity contribution in [2.24, 2.45) is 0 Å². The molecule has 0 atom stereocenters. The van der Waals surface area contributed by atoms with Gasteiger partial charge in [-0.15, -0.1) is 5.10 Å². The number of hydrogen-bond acceptors (Lipinski definition) is 7. The summed E-state index contributed by atoms with van der Waals surface area (Å²) >= 11 is 0. The molecular formula is C19H26N6O4. The van der Waals surface area contributed by atoms with Crippen LogP contribution in [0.2, 0.25) is 0 Å². The summed E-state index contributed by atoms with van der Waals surface area (Å²) in [5, 5.41) is 9.26. The van der Waals surface area contributed by atoms with E-state index in [1.165, 1.54) is 7.11 Å². The van der Waals surface area contributed by atoms with E-state index in [4.69, 9.17) is 15.2 Å². The average molecular weight is 402 g/mol. The minimum atomic E-state index is -0.225. The van der Waals surface area contributed by atoms with Crippen LogP contribution in [0.4, 0.5) is 5.95 Å². The molecule has 29 heavy (non-hydrogen) atoms. The van der Waals surface area contributed by atoms with E-state index in [0.717, 1.165) is 12.8 Å². The summed E-state index contributed by atoms with van der Waals surface area (Å²) in [5.74, 6) is 1.73. The number of rotatable bonds is 7. The molecule has 2 aromatic rings. The fraction of sp³-hybridized carbons (Fsp3) is 0.474. The van der Waals surface area contributed by atoms with Crippen LogP contribution in [0.15, 0.2) is 18.2 Å². The first-order chi connectivity index (χ1) is 14.0. The van der Waals surface area contributed by atoms with Crippen molar-refractivity contribution in [2.75, 3.05) is 32.5 Å². The van der Waals surface area contributed by atoms with Gasteiger partial charge in [0.1, 0.15) is 11.9 Å². The number of hydrogen-bond donors (Lipinski definition) is 3. The number of nitrogens with one attached hydrogen (secondary N) is 2. The number of aromatic nitrogens is 3. The maximum atomic E-state index is 12.4. The molecule has 1 fully saturated rings. The number of H-pyrrole nitrogens is 1. The second kappa shape index (κ2) is 9.26. The third-order valence-electron chi connectivity index (χ3n) is 4.80. The van der Waals surface area contributed by atoms with Gasteiger partial charge >= 0.3 is 0 Å². The number of nitrogens with zero attached hydrogens (tertiary/aromatic N) is 3. The van der Waals surface area contributed by atoms with Gasteiger partial charge in [-0.3, -0.25) is 14.7 Å². The molecule has 2 heterocycles. The molecule has 10 nitrogen and oxygen atoms in total. The van der Waals surface area contributed by atoms with E-state index in [0.29, 0.717) is 48.9 Å². The fourth-order valence-corrected chi connectivity index (χ4v) is 3.19. The van der Waals surface area contributed by atoms with E-state index >= 15 is 0 Å². The zero-order chi connectivity index (χ0) is 20.8. The van der Waals surface area contributed by atoms with Gasteiger partial charge in [-0.2, -0.15) is 4.98 Å². The first kappa shape index (κ1) is 20.4. The summed E-state index contributed by atoms with van der Waals surface area (Å²) < 4.78 is 11.5. The molecule has 0 spiro atoms. The maximum absolute atomic E-state index is 12.4. The molecule has 0 saturated carbocycles. The predicted octanol–water partition coefficient (Wildman–Crippen LogP) is 0.758. The van der Waals surface area contributed by atoms with Crippen molar-refractivity contribution in [3.8, 4) is 11.5 Å². The quantitative estimate of drug-likeness (QED) is 0.622. The number of amides is 2. The van der Waals surface area contributed by atoms with E-state index in [1.807, 2.05) is 4.90 Å². The van der Waals surface area contributed by atoms with Gasteiger partial charge in [0.05, 0.1) is 7.11 Å². The Morgan fingerprint density at radius 1 is 1.31 bits per heavy atom. The van der Waals surface area contributed by atoms with Crippen LogP contribution in [0, 0.1) is 0 Å². The van der Waals surface area contributed by atoms with Crippen molar-refractivity contribution < 1.29 is 19.1 Å². The van der Waals surface area contributed by atoms with E-state index < -0.39 is 0 Å².